The van der Waals surface area contributed by atoms with E-state index < -0.39 is 0 Å². The van der Waals surface area contributed by atoms with Gasteiger partial charge in [-0.3, -0.25) is 14.0 Å². The van der Waals surface area contributed by atoms with Crippen LogP contribution in [0.4, 0.5) is 0 Å². The fourth-order valence-electron chi connectivity index (χ4n) is 5.86. The molecule has 2 aromatic carbocycles. The molecule has 4 heterocycles. The Balaban J connectivity index is 1.39. The van der Waals surface area contributed by atoms with Gasteiger partial charge >= 0.3 is 5.69 Å². The van der Waals surface area contributed by atoms with Crippen molar-refractivity contribution in [3.05, 3.63) is 82.7 Å². The molecule has 0 saturated carbocycles. The third-order valence-electron chi connectivity index (χ3n) is 8.07. The molecular weight excluding hydrogens is 492 g/mol. The van der Waals surface area contributed by atoms with Crippen molar-refractivity contribution in [2.45, 2.75) is 32.5 Å². The fourth-order valence-corrected chi connectivity index (χ4v) is 5.86. The van der Waals surface area contributed by atoms with E-state index in [-0.39, 0.29) is 11.7 Å². The van der Waals surface area contributed by atoms with Crippen LogP contribution in [0.3, 0.4) is 0 Å². The molecule has 0 amide bonds. The Hall–Kier alpha value is -4.11. The highest BCUT2D eigenvalue weighted by Gasteiger charge is 2.32. The van der Waals surface area contributed by atoms with Crippen molar-refractivity contribution in [3.63, 3.8) is 0 Å². The number of benzene rings is 2. The zero-order valence-corrected chi connectivity index (χ0v) is 22.9. The lowest BCUT2D eigenvalue weighted by Gasteiger charge is -2.37. The molecule has 9 heteroatoms. The minimum absolute atomic E-state index is 0.0212. The van der Waals surface area contributed by atoms with Crippen molar-refractivity contribution in [2.24, 2.45) is 13.0 Å². The molecule has 0 aliphatic carbocycles. The second-order valence-corrected chi connectivity index (χ2v) is 10.5. The van der Waals surface area contributed by atoms with Gasteiger partial charge in [0.15, 0.2) is 17.1 Å². The van der Waals surface area contributed by atoms with E-state index in [1.807, 2.05) is 46.8 Å². The summed E-state index contributed by atoms with van der Waals surface area (Å²) in [6.07, 6.45) is 4.64. The summed E-state index contributed by atoms with van der Waals surface area (Å²) in [5, 5.41) is 0. The summed E-state index contributed by atoms with van der Waals surface area (Å²) in [5.41, 5.74) is 5.47. The molecular formula is C30H34N6O3. The van der Waals surface area contributed by atoms with Crippen LogP contribution in [0.2, 0.25) is 0 Å². The highest BCUT2D eigenvalue weighted by Crippen LogP contribution is 2.33. The average Bonchev–Trinajstić information content (AvgIpc) is 3.48. The molecule has 0 radical (unpaired) electrons. The third kappa shape index (κ3) is 4.46. The quantitative estimate of drug-likeness (QED) is 0.316. The molecule has 1 aliphatic heterocycles. The van der Waals surface area contributed by atoms with Gasteiger partial charge in [0.25, 0.3) is 0 Å². The number of rotatable bonds is 7. The molecule has 1 fully saturated rings. The molecule has 0 unspecified atom stereocenters. The number of aromatic nitrogens is 5. The zero-order chi connectivity index (χ0) is 27.1. The van der Waals surface area contributed by atoms with Crippen molar-refractivity contribution in [1.29, 1.82) is 0 Å². The van der Waals surface area contributed by atoms with Gasteiger partial charge in [-0.15, -0.1) is 0 Å². The van der Waals surface area contributed by atoms with E-state index in [9.17, 15) is 4.79 Å². The third-order valence-corrected chi connectivity index (χ3v) is 8.07. The fraction of sp³-hybridized carbons (Fsp3) is 0.367. The number of ether oxygens (including phenoxy) is 2. The molecule has 202 valence electrons. The van der Waals surface area contributed by atoms with E-state index in [1.165, 1.54) is 5.56 Å². The average molecular weight is 527 g/mol. The summed E-state index contributed by atoms with van der Waals surface area (Å²) in [6, 6.07) is 16.5. The van der Waals surface area contributed by atoms with Crippen molar-refractivity contribution in [3.8, 4) is 11.5 Å². The first-order valence-corrected chi connectivity index (χ1v) is 13.4. The first-order valence-electron chi connectivity index (χ1n) is 13.4. The minimum atomic E-state index is -0.0212. The topological polar surface area (TPSA) is 79.3 Å². The van der Waals surface area contributed by atoms with Crippen molar-refractivity contribution < 1.29 is 9.47 Å². The first-order chi connectivity index (χ1) is 19.0. The van der Waals surface area contributed by atoms with Crippen LogP contribution in [0.15, 0.2) is 65.8 Å². The summed E-state index contributed by atoms with van der Waals surface area (Å²) in [6.45, 7) is 5.52. The molecule has 3 aromatic heterocycles. The number of methoxy groups -OCH3 is 2. The Morgan fingerprint density at radius 3 is 2.54 bits per heavy atom. The van der Waals surface area contributed by atoms with Gasteiger partial charge in [-0.05, 0) is 42.1 Å². The van der Waals surface area contributed by atoms with Gasteiger partial charge in [-0.25, -0.2) is 14.8 Å². The molecule has 2 atom stereocenters. The van der Waals surface area contributed by atoms with Gasteiger partial charge in [0.05, 0.1) is 44.8 Å². The lowest BCUT2D eigenvalue weighted by Crippen LogP contribution is -2.43. The highest BCUT2D eigenvalue weighted by atomic mass is 16.5. The van der Waals surface area contributed by atoms with Gasteiger partial charge in [0, 0.05) is 20.1 Å². The molecule has 1 aliphatic rings. The van der Waals surface area contributed by atoms with Crippen molar-refractivity contribution in [2.75, 3.05) is 27.3 Å². The number of aryl methyl sites for hydroxylation is 1. The van der Waals surface area contributed by atoms with Crippen LogP contribution in [0.25, 0.3) is 22.2 Å². The maximum Gasteiger partial charge on any atom is 0.329 e. The second-order valence-electron chi connectivity index (χ2n) is 10.5. The molecule has 5 aromatic rings. The van der Waals surface area contributed by atoms with Gasteiger partial charge in [-0.2, -0.15) is 0 Å². The van der Waals surface area contributed by atoms with E-state index in [4.69, 9.17) is 19.4 Å². The smallest absolute Gasteiger partial charge is 0.329 e. The Morgan fingerprint density at radius 1 is 0.974 bits per heavy atom. The van der Waals surface area contributed by atoms with E-state index in [1.54, 1.807) is 25.0 Å². The largest absolute Gasteiger partial charge is 0.493 e. The number of fused-ring (bicyclic) bond motifs is 3. The SMILES string of the molecule is COc1ccc(Cn2cnc3c2ncc2c3n([C@@H]3CN(Cc4ccccc4)CC[C@@H]3C)c(=O)n2C)cc1OC. The second kappa shape index (κ2) is 10.2. The van der Waals surface area contributed by atoms with Crippen LogP contribution in [0.5, 0.6) is 11.5 Å². The molecule has 6 rings (SSSR count). The Kier molecular flexibility index (Phi) is 6.60. The standard InChI is InChI=1S/C30H34N6O3/c1-20-12-13-34(16-21-8-6-5-7-9-21)18-24(20)36-28-23(33(2)30(36)37)15-31-29-27(28)32-19-35(29)17-22-10-11-25(38-3)26(14-22)39-4/h5-11,14-15,19-20,24H,12-13,16-18H2,1-4H3/t20-,24+/m0/s1. The maximum atomic E-state index is 13.7. The molecule has 0 bridgehead atoms. The summed E-state index contributed by atoms with van der Waals surface area (Å²) in [7, 11) is 5.09. The Morgan fingerprint density at radius 2 is 1.77 bits per heavy atom. The van der Waals surface area contributed by atoms with Gasteiger partial charge in [0.1, 0.15) is 11.0 Å². The predicted molar refractivity (Wildman–Crippen MR) is 151 cm³/mol. The predicted octanol–water partition coefficient (Wildman–Crippen LogP) is 4.23. The molecule has 0 N–H and O–H groups in total. The summed E-state index contributed by atoms with van der Waals surface area (Å²) in [4.78, 5) is 25.7. The van der Waals surface area contributed by atoms with Gasteiger partial charge in [-0.1, -0.05) is 43.3 Å². The Bertz CT molecular complexity index is 1690. The van der Waals surface area contributed by atoms with Crippen molar-refractivity contribution in [1.82, 2.24) is 28.6 Å². The van der Waals surface area contributed by atoms with Crippen LogP contribution in [0.1, 0.15) is 30.5 Å². The Labute approximate surface area is 227 Å². The monoisotopic (exact) mass is 526 g/mol. The van der Waals surface area contributed by atoms with Crippen LogP contribution in [0, 0.1) is 5.92 Å². The normalized spacial score (nSPS) is 18.2. The summed E-state index contributed by atoms with van der Waals surface area (Å²) >= 11 is 0. The van der Waals surface area contributed by atoms with Gasteiger partial charge in [0.2, 0.25) is 0 Å². The lowest BCUT2D eigenvalue weighted by molar-refractivity contribution is 0.126. The van der Waals surface area contributed by atoms with E-state index in [0.29, 0.717) is 24.0 Å². The van der Waals surface area contributed by atoms with Crippen molar-refractivity contribution >= 4 is 22.2 Å². The van der Waals surface area contributed by atoms with E-state index >= 15 is 0 Å². The summed E-state index contributed by atoms with van der Waals surface area (Å²) < 4.78 is 16.6. The molecule has 1 saturated heterocycles. The number of piperidine rings is 1. The molecule has 39 heavy (non-hydrogen) atoms. The van der Waals surface area contributed by atoms with E-state index in [2.05, 4.69) is 36.1 Å². The summed E-state index contributed by atoms with van der Waals surface area (Å²) in [5.74, 6) is 1.73. The van der Waals surface area contributed by atoms with Crippen LogP contribution in [-0.2, 0) is 20.1 Å². The first kappa shape index (κ1) is 25.2. The number of nitrogens with zero attached hydrogens (tertiary/aromatic N) is 6. The lowest BCUT2D eigenvalue weighted by atomic mass is 9.92. The number of pyridine rings is 1. The molecule has 9 nitrogen and oxygen atoms in total. The van der Waals surface area contributed by atoms with Gasteiger partial charge < -0.3 is 14.0 Å². The maximum absolute atomic E-state index is 13.7. The van der Waals surface area contributed by atoms with E-state index in [0.717, 1.165) is 53.8 Å². The van der Waals surface area contributed by atoms with Crippen LogP contribution in [-0.4, -0.2) is 55.9 Å². The number of hydrogen-bond donors (Lipinski definition) is 0. The minimum Gasteiger partial charge on any atom is -0.493 e. The number of likely N-dealkylation sites (tertiary alicyclic amines) is 1. The highest BCUT2D eigenvalue weighted by molar-refractivity contribution is 5.98. The van der Waals surface area contributed by atoms with Crippen LogP contribution < -0.4 is 15.2 Å². The molecule has 0 spiro atoms. The number of hydrogen-bond acceptors (Lipinski definition) is 6. The van der Waals surface area contributed by atoms with Crippen LogP contribution >= 0.6 is 0 Å². The zero-order valence-electron chi connectivity index (χ0n) is 22.9. The number of imidazole rings is 2.